The summed E-state index contributed by atoms with van der Waals surface area (Å²) in [5.41, 5.74) is 2.96. The van der Waals surface area contributed by atoms with E-state index in [9.17, 15) is 0 Å². The molecule has 1 heterocycles. The first-order chi connectivity index (χ1) is 6.93. The van der Waals surface area contributed by atoms with Crippen molar-refractivity contribution in [3.63, 3.8) is 0 Å². The van der Waals surface area contributed by atoms with Crippen molar-refractivity contribution in [2.45, 2.75) is 18.9 Å². The van der Waals surface area contributed by atoms with E-state index < -0.39 is 0 Å². The Morgan fingerprint density at radius 3 is 3.07 bits per heavy atom. The molecule has 0 fully saturated rings. The van der Waals surface area contributed by atoms with E-state index in [0.29, 0.717) is 5.92 Å². The van der Waals surface area contributed by atoms with Crippen LogP contribution in [0.2, 0.25) is 0 Å². The predicted octanol–water partition coefficient (Wildman–Crippen LogP) is 1.62. The Morgan fingerprint density at radius 2 is 2.29 bits per heavy atom. The van der Waals surface area contributed by atoms with Crippen LogP contribution in [0, 0.1) is 0 Å². The molecule has 1 aliphatic carbocycles. The van der Waals surface area contributed by atoms with Crippen molar-refractivity contribution in [2.75, 3.05) is 0 Å². The molecular formula is C11H11N3. The Balaban J connectivity index is 1.80. The first-order valence-electron chi connectivity index (χ1n) is 4.84. The van der Waals surface area contributed by atoms with Crippen LogP contribution in [0.25, 0.3) is 0 Å². The Hall–Kier alpha value is -1.64. The summed E-state index contributed by atoms with van der Waals surface area (Å²) in [6.45, 7) is 0.955. The van der Waals surface area contributed by atoms with Crippen molar-refractivity contribution in [2.24, 2.45) is 0 Å². The van der Waals surface area contributed by atoms with Gasteiger partial charge in [-0.05, 0) is 17.5 Å². The lowest BCUT2D eigenvalue weighted by Gasteiger charge is -2.29. The number of rotatable bonds is 2. The summed E-state index contributed by atoms with van der Waals surface area (Å²) in [6, 6.07) is 8.62. The fourth-order valence-corrected chi connectivity index (χ4v) is 2.08. The monoisotopic (exact) mass is 185 g/mol. The summed E-state index contributed by atoms with van der Waals surface area (Å²) in [6.07, 6.45) is 4.54. The average Bonchev–Trinajstić information content (AvgIpc) is 2.67. The van der Waals surface area contributed by atoms with Crippen molar-refractivity contribution in [1.29, 1.82) is 0 Å². The van der Waals surface area contributed by atoms with Gasteiger partial charge in [-0.15, -0.1) is 0 Å². The van der Waals surface area contributed by atoms with Gasteiger partial charge in [0.05, 0.1) is 0 Å². The second-order valence-electron chi connectivity index (χ2n) is 3.72. The van der Waals surface area contributed by atoms with Crippen LogP contribution in [-0.2, 0) is 13.0 Å². The molecule has 0 amide bonds. The Morgan fingerprint density at radius 1 is 1.36 bits per heavy atom. The highest BCUT2D eigenvalue weighted by atomic mass is 15.3. The number of fused-ring (bicyclic) bond motifs is 1. The zero-order valence-electron chi connectivity index (χ0n) is 7.80. The molecule has 14 heavy (non-hydrogen) atoms. The topological polar surface area (TPSA) is 30.7 Å². The predicted molar refractivity (Wildman–Crippen MR) is 52.9 cm³/mol. The SMILES string of the molecule is c1ccc2c(c1)CC2Cn1cncn1. The largest absolute Gasteiger partial charge is 0.252 e. The molecule has 1 atom stereocenters. The smallest absolute Gasteiger partial charge is 0.137 e. The molecule has 1 unspecified atom stereocenters. The molecule has 0 spiro atoms. The third-order valence-electron chi connectivity index (χ3n) is 2.84. The molecule has 3 nitrogen and oxygen atoms in total. The molecule has 1 aromatic carbocycles. The van der Waals surface area contributed by atoms with Crippen LogP contribution in [0.15, 0.2) is 36.9 Å². The van der Waals surface area contributed by atoms with Crippen molar-refractivity contribution < 1.29 is 0 Å². The minimum absolute atomic E-state index is 0.632. The maximum absolute atomic E-state index is 4.12. The van der Waals surface area contributed by atoms with Gasteiger partial charge in [0.15, 0.2) is 0 Å². The van der Waals surface area contributed by atoms with E-state index in [2.05, 4.69) is 34.3 Å². The highest BCUT2D eigenvalue weighted by Gasteiger charge is 2.25. The summed E-state index contributed by atoms with van der Waals surface area (Å²) in [5, 5.41) is 4.12. The van der Waals surface area contributed by atoms with E-state index in [1.54, 1.807) is 12.7 Å². The van der Waals surface area contributed by atoms with Crippen LogP contribution >= 0.6 is 0 Å². The molecule has 0 aliphatic heterocycles. The second kappa shape index (κ2) is 2.94. The zero-order chi connectivity index (χ0) is 9.38. The average molecular weight is 185 g/mol. The summed E-state index contributed by atoms with van der Waals surface area (Å²) in [7, 11) is 0. The molecule has 1 aromatic heterocycles. The van der Waals surface area contributed by atoms with Gasteiger partial charge < -0.3 is 0 Å². The van der Waals surface area contributed by atoms with Crippen LogP contribution in [-0.4, -0.2) is 14.8 Å². The minimum Gasteiger partial charge on any atom is -0.252 e. The fourth-order valence-electron chi connectivity index (χ4n) is 2.08. The number of benzene rings is 1. The Labute approximate surface area is 82.4 Å². The summed E-state index contributed by atoms with van der Waals surface area (Å²) in [4.78, 5) is 3.94. The van der Waals surface area contributed by atoms with E-state index in [0.717, 1.165) is 6.54 Å². The quantitative estimate of drug-likeness (QED) is 0.711. The van der Waals surface area contributed by atoms with Crippen molar-refractivity contribution in [3.8, 4) is 0 Å². The van der Waals surface area contributed by atoms with Gasteiger partial charge in [0.25, 0.3) is 0 Å². The first kappa shape index (κ1) is 7.74. The van der Waals surface area contributed by atoms with Crippen LogP contribution in [0.5, 0.6) is 0 Å². The molecule has 0 N–H and O–H groups in total. The van der Waals surface area contributed by atoms with Gasteiger partial charge in [0, 0.05) is 12.5 Å². The Bertz CT molecular complexity index is 434. The highest BCUT2D eigenvalue weighted by molar-refractivity contribution is 5.39. The molecule has 70 valence electrons. The third-order valence-corrected chi connectivity index (χ3v) is 2.84. The molecule has 0 bridgehead atoms. The van der Waals surface area contributed by atoms with E-state index in [1.165, 1.54) is 17.5 Å². The molecular weight excluding hydrogens is 174 g/mol. The molecule has 1 aliphatic rings. The standard InChI is InChI=1S/C11H11N3/c1-2-4-11-9(3-1)5-10(11)6-14-8-12-7-13-14/h1-4,7-8,10H,5-6H2. The normalized spacial score (nSPS) is 18.7. The molecule has 2 aromatic rings. The number of hydrogen-bond donors (Lipinski definition) is 0. The van der Waals surface area contributed by atoms with Crippen LogP contribution in [0.4, 0.5) is 0 Å². The Kier molecular flexibility index (Phi) is 1.63. The van der Waals surface area contributed by atoms with Gasteiger partial charge in [-0.3, -0.25) is 4.68 Å². The number of aromatic nitrogens is 3. The van der Waals surface area contributed by atoms with Gasteiger partial charge >= 0.3 is 0 Å². The third kappa shape index (κ3) is 1.13. The number of nitrogens with zero attached hydrogens (tertiary/aromatic N) is 3. The molecule has 3 heteroatoms. The fraction of sp³-hybridized carbons (Fsp3) is 0.273. The zero-order valence-corrected chi connectivity index (χ0v) is 7.80. The molecule has 0 radical (unpaired) electrons. The van der Waals surface area contributed by atoms with Crippen LogP contribution < -0.4 is 0 Å². The lowest BCUT2D eigenvalue weighted by Crippen LogP contribution is -2.22. The van der Waals surface area contributed by atoms with Crippen LogP contribution in [0.1, 0.15) is 17.0 Å². The van der Waals surface area contributed by atoms with E-state index >= 15 is 0 Å². The molecule has 0 saturated heterocycles. The van der Waals surface area contributed by atoms with Gasteiger partial charge in [-0.2, -0.15) is 5.10 Å². The molecule has 0 saturated carbocycles. The van der Waals surface area contributed by atoms with Crippen molar-refractivity contribution in [3.05, 3.63) is 48.0 Å². The molecule has 3 rings (SSSR count). The van der Waals surface area contributed by atoms with Gasteiger partial charge in [0.2, 0.25) is 0 Å². The van der Waals surface area contributed by atoms with E-state index in [1.807, 2.05) is 4.68 Å². The van der Waals surface area contributed by atoms with Gasteiger partial charge in [0.1, 0.15) is 12.7 Å². The summed E-state index contributed by atoms with van der Waals surface area (Å²) in [5.74, 6) is 0.632. The summed E-state index contributed by atoms with van der Waals surface area (Å²) < 4.78 is 1.90. The number of hydrogen-bond acceptors (Lipinski definition) is 2. The summed E-state index contributed by atoms with van der Waals surface area (Å²) >= 11 is 0. The van der Waals surface area contributed by atoms with Gasteiger partial charge in [-0.25, -0.2) is 4.98 Å². The lowest BCUT2D eigenvalue weighted by atomic mass is 9.78. The minimum atomic E-state index is 0.632. The van der Waals surface area contributed by atoms with Crippen molar-refractivity contribution in [1.82, 2.24) is 14.8 Å². The van der Waals surface area contributed by atoms with Crippen LogP contribution in [0.3, 0.4) is 0 Å². The van der Waals surface area contributed by atoms with E-state index in [-0.39, 0.29) is 0 Å². The van der Waals surface area contributed by atoms with E-state index in [4.69, 9.17) is 0 Å². The first-order valence-corrected chi connectivity index (χ1v) is 4.84. The lowest BCUT2D eigenvalue weighted by molar-refractivity contribution is 0.474. The maximum atomic E-state index is 4.12. The highest BCUT2D eigenvalue weighted by Crippen LogP contribution is 2.35. The van der Waals surface area contributed by atoms with Crippen molar-refractivity contribution >= 4 is 0 Å². The maximum Gasteiger partial charge on any atom is 0.137 e. The van der Waals surface area contributed by atoms with Gasteiger partial charge in [-0.1, -0.05) is 24.3 Å². The second-order valence-corrected chi connectivity index (χ2v) is 3.72.